The number of benzene rings is 2. The molecule has 0 spiro atoms. The summed E-state index contributed by atoms with van der Waals surface area (Å²) in [4.78, 5) is 28.3. The normalized spacial score (nSPS) is 14.6. The van der Waals surface area contributed by atoms with E-state index in [0.29, 0.717) is 42.6 Å². The number of rotatable bonds is 14. The molecule has 0 saturated heterocycles. The highest BCUT2D eigenvalue weighted by Crippen LogP contribution is 2.40. The van der Waals surface area contributed by atoms with Gasteiger partial charge in [0.2, 0.25) is 0 Å². The molecule has 0 radical (unpaired) electrons. The van der Waals surface area contributed by atoms with Gasteiger partial charge in [-0.15, -0.1) is 10.2 Å². The molecule has 1 saturated carbocycles. The molecule has 0 bridgehead atoms. The number of nitrogens with zero attached hydrogens (tertiary/aromatic N) is 4. The number of unbranched alkanes of at least 4 members (excludes halogenated alkanes) is 1. The van der Waals surface area contributed by atoms with Crippen LogP contribution in [-0.4, -0.2) is 57.1 Å². The fourth-order valence-corrected chi connectivity index (χ4v) is 5.22. The Morgan fingerprint density at radius 2 is 1.75 bits per heavy atom. The molecule has 1 atom stereocenters. The number of carbonyl (C=O) groups excluding carboxylic acids is 2. The topological polar surface area (TPSA) is 122 Å². The quantitative estimate of drug-likeness (QED) is 0.205. The summed E-state index contributed by atoms with van der Waals surface area (Å²) in [6, 6.07) is 13.6. The van der Waals surface area contributed by atoms with Gasteiger partial charge in [0, 0.05) is 6.54 Å². The molecule has 1 aliphatic rings. The number of urea groups is 1. The van der Waals surface area contributed by atoms with Gasteiger partial charge in [0.15, 0.2) is 11.6 Å². The van der Waals surface area contributed by atoms with Crippen molar-refractivity contribution in [3.8, 4) is 11.5 Å². The first-order valence-electron chi connectivity index (χ1n) is 14.2. The number of H-pyrrole nitrogens is 1. The Bertz CT molecular complexity index is 1230. The molecule has 10 nitrogen and oxygen atoms in total. The zero-order chi connectivity index (χ0) is 28.5. The smallest absolute Gasteiger partial charge is 0.318 e. The molecule has 1 aliphatic carbocycles. The number of ether oxygens (including phenoxy) is 2. The van der Waals surface area contributed by atoms with Crippen molar-refractivity contribution in [3.05, 3.63) is 65.0 Å². The van der Waals surface area contributed by atoms with Gasteiger partial charge in [-0.25, -0.2) is 4.79 Å². The highest BCUT2D eigenvalue weighted by molar-refractivity contribution is 5.99. The molecule has 1 unspecified atom stereocenters. The number of aromatic amines is 1. The molecule has 3 aromatic rings. The zero-order valence-electron chi connectivity index (χ0n) is 23.9. The zero-order valence-corrected chi connectivity index (χ0v) is 23.9. The first kappa shape index (κ1) is 29.0. The second kappa shape index (κ2) is 13.4. The number of hydrogen-bond acceptors (Lipinski definition) is 7. The Kier molecular flexibility index (Phi) is 9.74. The molecule has 40 heavy (non-hydrogen) atoms. The third-order valence-electron chi connectivity index (χ3n) is 7.53. The van der Waals surface area contributed by atoms with Crippen LogP contribution in [0.2, 0.25) is 0 Å². The monoisotopic (exact) mass is 548 g/mol. The van der Waals surface area contributed by atoms with Crippen molar-refractivity contribution >= 4 is 11.8 Å². The lowest BCUT2D eigenvalue weighted by Gasteiger charge is -2.42. The van der Waals surface area contributed by atoms with Crippen LogP contribution in [0.5, 0.6) is 11.5 Å². The largest absolute Gasteiger partial charge is 0.493 e. The predicted octanol–water partition coefficient (Wildman–Crippen LogP) is 5.37. The summed E-state index contributed by atoms with van der Waals surface area (Å²) in [7, 11) is 0. The van der Waals surface area contributed by atoms with Crippen molar-refractivity contribution in [2.75, 3.05) is 19.8 Å². The van der Waals surface area contributed by atoms with Crippen LogP contribution in [0.25, 0.3) is 0 Å². The summed E-state index contributed by atoms with van der Waals surface area (Å²) in [6.45, 7) is 8.61. The molecule has 2 aromatic carbocycles. The number of ketones is 1. The molecule has 2 amide bonds. The number of aromatic nitrogens is 4. The first-order chi connectivity index (χ1) is 19.4. The van der Waals surface area contributed by atoms with Crippen molar-refractivity contribution in [1.82, 2.24) is 30.8 Å². The summed E-state index contributed by atoms with van der Waals surface area (Å²) in [5, 5.41) is 17.8. The lowest BCUT2D eigenvalue weighted by atomic mass is 9.76. The number of hydrogen-bond donors (Lipinski definition) is 2. The van der Waals surface area contributed by atoms with Gasteiger partial charge < -0.3 is 19.7 Å². The Balaban J connectivity index is 1.61. The summed E-state index contributed by atoms with van der Waals surface area (Å²) in [5.41, 5.74) is 1.90. The van der Waals surface area contributed by atoms with E-state index in [1.165, 1.54) is 12.5 Å². The van der Waals surface area contributed by atoms with Crippen LogP contribution in [0.1, 0.15) is 93.2 Å². The maximum absolute atomic E-state index is 13.9. The first-order valence-corrected chi connectivity index (χ1v) is 14.2. The Hall–Kier alpha value is -3.95. The molecule has 1 heterocycles. The van der Waals surface area contributed by atoms with Crippen LogP contribution < -0.4 is 14.8 Å². The molecule has 1 fully saturated rings. The third-order valence-corrected chi connectivity index (χ3v) is 7.53. The van der Waals surface area contributed by atoms with Gasteiger partial charge in [-0.2, -0.15) is 5.21 Å². The predicted molar refractivity (Wildman–Crippen MR) is 152 cm³/mol. The minimum Gasteiger partial charge on any atom is -0.493 e. The Morgan fingerprint density at radius 1 is 1.07 bits per heavy atom. The molecule has 10 heteroatoms. The average molecular weight is 549 g/mol. The van der Waals surface area contributed by atoms with Crippen LogP contribution in [0, 0.1) is 0 Å². The van der Waals surface area contributed by atoms with E-state index in [9.17, 15) is 9.59 Å². The minimum absolute atomic E-state index is 0.131. The molecule has 0 aliphatic heterocycles. The highest BCUT2D eigenvalue weighted by atomic mass is 16.5. The van der Waals surface area contributed by atoms with E-state index in [4.69, 9.17) is 9.47 Å². The van der Waals surface area contributed by atoms with E-state index in [-0.39, 0.29) is 17.9 Å². The number of Topliss-reactive ketones (excluding diaryl/α,β-unsaturated/α-hetero) is 1. The van der Waals surface area contributed by atoms with Crippen molar-refractivity contribution in [1.29, 1.82) is 0 Å². The molecular formula is C30H40N6O4. The summed E-state index contributed by atoms with van der Waals surface area (Å²) >= 11 is 0. The molecule has 1 aromatic heterocycles. The molecule has 2 N–H and O–H groups in total. The Labute approximate surface area is 235 Å². The number of carbonyl (C=O) groups is 2. The van der Waals surface area contributed by atoms with Gasteiger partial charge in [-0.05, 0) is 89.5 Å². The van der Waals surface area contributed by atoms with Crippen molar-refractivity contribution in [2.24, 2.45) is 0 Å². The van der Waals surface area contributed by atoms with E-state index in [1.807, 2.05) is 56.0 Å². The lowest BCUT2D eigenvalue weighted by Crippen LogP contribution is -2.56. The van der Waals surface area contributed by atoms with Gasteiger partial charge in [0.25, 0.3) is 0 Å². The Morgan fingerprint density at radius 3 is 2.27 bits per heavy atom. The van der Waals surface area contributed by atoms with Gasteiger partial charge in [0.05, 0.1) is 19.3 Å². The van der Waals surface area contributed by atoms with E-state index in [2.05, 4.69) is 38.1 Å². The van der Waals surface area contributed by atoms with Crippen molar-refractivity contribution in [3.63, 3.8) is 0 Å². The van der Waals surface area contributed by atoms with Gasteiger partial charge >= 0.3 is 6.03 Å². The van der Waals surface area contributed by atoms with Crippen LogP contribution in [0.3, 0.4) is 0 Å². The van der Waals surface area contributed by atoms with Gasteiger partial charge in [-0.1, -0.05) is 35.5 Å². The third kappa shape index (κ3) is 6.60. The number of nitrogens with one attached hydrogen (secondary N) is 2. The SMILES string of the molecule is CCOc1cc(C(C)N(CCCCc2ccccc2)C(=O)NC2(c3nn[nH]n3)CCC2)cc(OCC)c1C(C)=O. The second-order valence-corrected chi connectivity index (χ2v) is 10.2. The second-order valence-electron chi connectivity index (χ2n) is 10.2. The van der Waals surface area contributed by atoms with E-state index < -0.39 is 5.54 Å². The van der Waals surface area contributed by atoms with E-state index in [0.717, 1.165) is 44.1 Å². The van der Waals surface area contributed by atoms with Crippen LogP contribution in [0.4, 0.5) is 4.79 Å². The number of tetrazole rings is 1. The van der Waals surface area contributed by atoms with E-state index >= 15 is 0 Å². The summed E-state index contributed by atoms with van der Waals surface area (Å²) in [5.74, 6) is 1.31. The molecule has 214 valence electrons. The summed E-state index contributed by atoms with van der Waals surface area (Å²) in [6.07, 6.45) is 5.19. The fourth-order valence-electron chi connectivity index (χ4n) is 5.22. The van der Waals surface area contributed by atoms with Crippen molar-refractivity contribution < 1.29 is 19.1 Å². The van der Waals surface area contributed by atoms with E-state index in [1.54, 1.807) is 0 Å². The van der Waals surface area contributed by atoms with Gasteiger partial charge in [0.1, 0.15) is 22.6 Å². The molecule has 4 rings (SSSR count). The van der Waals surface area contributed by atoms with Crippen LogP contribution in [0.15, 0.2) is 42.5 Å². The van der Waals surface area contributed by atoms with Gasteiger partial charge in [-0.3, -0.25) is 4.79 Å². The van der Waals surface area contributed by atoms with Crippen LogP contribution >= 0.6 is 0 Å². The number of aryl methyl sites for hydroxylation is 1. The summed E-state index contributed by atoms with van der Waals surface area (Å²) < 4.78 is 11.7. The highest BCUT2D eigenvalue weighted by Gasteiger charge is 2.45. The minimum atomic E-state index is -0.627. The molecular weight excluding hydrogens is 508 g/mol. The number of amides is 2. The maximum atomic E-state index is 13.9. The maximum Gasteiger partial charge on any atom is 0.318 e. The average Bonchev–Trinajstić information content (AvgIpc) is 3.46. The lowest BCUT2D eigenvalue weighted by molar-refractivity contribution is 0.100. The van der Waals surface area contributed by atoms with Crippen LogP contribution in [-0.2, 0) is 12.0 Å². The fraction of sp³-hybridized carbons (Fsp3) is 0.500. The standard InChI is InChI=1S/C30H40N6O4/c1-5-39-25-19-24(20-26(40-6-2)27(25)22(4)37)21(3)36(18-11-10-15-23-13-8-7-9-14-23)29(38)31-30(16-12-17-30)28-32-34-35-33-28/h7-9,13-14,19-21H,5-6,10-12,15-18H2,1-4H3,(H,31,38)(H,32,33,34,35). The van der Waals surface area contributed by atoms with Crippen molar-refractivity contribution in [2.45, 2.75) is 77.8 Å².